The lowest BCUT2D eigenvalue weighted by atomic mass is 9.93. The average molecular weight is 215 g/mol. The molecule has 0 amide bonds. The molecule has 1 aliphatic rings. The fourth-order valence-corrected chi connectivity index (χ4v) is 2.11. The molecule has 0 aromatic carbocycles. The van der Waals surface area contributed by atoms with E-state index in [0.717, 1.165) is 30.5 Å². The minimum Gasteiger partial charge on any atom is -0.461 e. The van der Waals surface area contributed by atoms with Crippen LogP contribution < -0.4 is 5.73 Å². The molecule has 0 spiro atoms. The maximum absolute atomic E-state index is 6.01. The van der Waals surface area contributed by atoms with Crippen molar-refractivity contribution in [1.29, 1.82) is 0 Å². The molecule has 0 bridgehead atoms. The number of aryl methyl sites for hydroxylation is 1. The normalized spacial score (nSPS) is 19.4. The first-order valence-electron chi connectivity index (χ1n) is 5.50. The third-order valence-electron chi connectivity index (χ3n) is 2.97. The van der Waals surface area contributed by atoms with Crippen LogP contribution in [0, 0.1) is 0 Å². The number of nitrogens with two attached hydrogens (primary N) is 1. The second-order valence-corrected chi connectivity index (χ2v) is 4.07. The molecule has 1 unspecified atom stereocenters. The van der Waals surface area contributed by atoms with E-state index in [1.54, 1.807) is 6.26 Å². The molecule has 4 nitrogen and oxygen atoms in total. The highest BCUT2D eigenvalue weighted by Gasteiger charge is 2.19. The summed E-state index contributed by atoms with van der Waals surface area (Å²) in [6.07, 6.45) is 6.58. The summed E-state index contributed by atoms with van der Waals surface area (Å²) >= 11 is 0. The van der Waals surface area contributed by atoms with Gasteiger partial charge in [0.15, 0.2) is 11.6 Å². The molecule has 2 heterocycles. The number of nitrogens with zero attached hydrogens (tertiary/aromatic N) is 2. The molecule has 0 aliphatic heterocycles. The predicted octanol–water partition coefficient (Wildman–Crippen LogP) is 2.07. The first kappa shape index (κ1) is 9.54. The van der Waals surface area contributed by atoms with Gasteiger partial charge in [-0.3, -0.25) is 0 Å². The largest absolute Gasteiger partial charge is 0.461 e. The van der Waals surface area contributed by atoms with Gasteiger partial charge in [-0.05, 0) is 31.4 Å². The molecular weight excluding hydrogens is 202 g/mol. The lowest BCUT2D eigenvalue weighted by Crippen LogP contribution is -2.19. The van der Waals surface area contributed by atoms with Gasteiger partial charge in [0, 0.05) is 23.5 Å². The van der Waals surface area contributed by atoms with Crippen LogP contribution in [0.1, 0.15) is 30.1 Å². The van der Waals surface area contributed by atoms with Crippen molar-refractivity contribution >= 4 is 0 Å². The Hall–Kier alpha value is -1.68. The van der Waals surface area contributed by atoms with Gasteiger partial charge < -0.3 is 10.2 Å². The summed E-state index contributed by atoms with van der Waals surface area (Å²) in [6, 6.07) is 3.79. The predicted molar refractivity (Wildman–Crippen MR) is 59.6 cm³/mol. The zero-order chi connectivity index (χ0) is 11.0. The third kappa shape index (κ3) is 1.51. The molecule has 0 saturated heterocycles. The number of fused-ring (bicyclic) bond motifs is 1. The molecule has 2 aromatic rings. The monoisotopic (exact) mass is 215 g/mol. The van der Waals surface area contributed by atoms with Crippen molar-refractivity contribution in [2.75, 3.05) is 0 Å². The summed E-state index contributed by atoms with van der Waals surface area (Å²) in [5, 5.41) is 0. The van der Waals surface area contributed by atoms with E-state index in [1.165, 1.54) is 0 Å². The fourth-order valence-electron chi connectivity index (χ4n) is 2.11. The average Bonchev–Trinajstić information content (AvgIpc) is 2.82. The standard InChI is InChI=1S/C12H13N3O/c13-9-3-1-4-10-8(9)7-14-12(15-10)11-5-2-6-16-11/h2,5-7,9H,1,3-4,13H2. The van der Waals surface area contributed by atoms with Crippen molar-refractivity contribution in [2.24, 2.45) is 5.73 Å². The quantitative estimate of drug-likeness (QED) is 0.790. The Bertz CT molecular complexity index is 493. The van der Waals surface area contributed by atoms with Crippen molar-refractivity contribution in [3.8, 4) is 11.6 Å². The van der Waals surface area contributed by atoms with E-state index < -0.39 is 0 Å². The van der Waals surface area contributed by atoms with Crippen molar-refractivity contribution < 1.29 is 4.42 Å². The van der Waals surface area contributed by atoms with E-state index >= 15 is 0 Å². The first-order chi connectivity index (χ1) is 7.84. The van der Waals surface area contributed by atoms with Gasteiger partial charge in [0.05, 0.1) is 6.26 Å². The zero-order valence-corrected chi connectivity index (χ0v) is 8.89. The van der Waals surface area contributed by atoms with E-state index in [9.17, 15) is 0 Å². The highest BCUT2D eigenvalue weighted by atomic mass is 16.3. The molecule has 1 aliphatic carbocycles. The minimum absolute atomic E-state index is 0.0920. The fraction of sp³-hybridized carbons (Fsp3) is 0.333. The number of aromatic nitrogens is 2. The van der Waals surface area contributed by atoms with Crippen molar-refractivity contribution in [3.63, 3.8) is 0 Å². The topological polar surface area (TPSA) is 64.9 Å². The lowest BCUT2D eigenvalue weighted by Gasteiger charge is -2.20. The van der Waals surface area contributed by atoms with E-state index in [-0.39, 0.29) is 6.04 Å². The number of hydrogen-bond donors (Lipinski definition) is 1. The van der Waals surface area contributed by atoms with Gasteiger partial charge in [0.1, 0.15) is 0 Å². The molecule has 1 atom stereocenters. The molecule has 0 radical (unpaired) electrons. The van der Waals surface area contributed by atoms with E-state index in [0.29, 0.717) is 11.6 Å². The van der Waals surface area contributed by atoms with Crippen LogP contribution in [0.15, 0.2) is 29.0 Å². The smallest absolute Gasteiger partial charge is 0.195 e. The summed E-state index contributed by atoms with van der Waals surface area (Å²) < 4.78 is 5.28. The van der Waals surface area contributed by atoms with E-state index in [4.69, 9.17) is 10.2 Å². The zero-order valence-electron chi connectivity index (χ0n) is 8.89. The van der Waals surface area contributed by atoms with Crippen LogP contribution in [0.3, 0.4) is 0 Å². The van der Waals surface area contributed by atoms with Crippen LogP contribution in [0.5, 0.6) is 0 Å². The number of rotatable bonds is 1. The molecule has 2 N–H and O–H groups in total. The Kier molecular flexibility index (Phi) is 2.22. The van der Waals surface area contributed by atoms with Crippen molar-refractivity contribution in [2.45, 2.75) is 25.3 Å². The molecule has 2 aromatic heterocycles. The second-order valence-electron chi connectivity index (χ2n) is 4.07. The van der Waals surface area contributed by atoms with Gasteiger partial charge >= 0.3 is 0 Å². The lowest BCUT2D eigenvalue weighted by molar-refractivity contribution is 0.550. The van der Waals surface area contributed by atoms with Crippen LogP contribution >= 0.6 is 0 Å². The van der Waals surface area contributed by atoms with Gasteiger partial charge in [-0.25, -0.2) is 9.97 Å². The maximum Gasteiger partial charge on any atom is 0.195 e. The highest BCUT2D eigenvalue weighted by Crippen LogP contribution is 2.27. The number of furan rings is 1. The van der Waals surface area contributed by atoms with Crippen LogP contribution in [-0.2, 0) is 6.42 Å². The summed E-state index contributed by atoms with van der Waals surface area (Å²) in [5.74, 6) is 1.36. The van der Waals surface area contributed by atoms with Gasteiger partial charge in [-0.1, -0.05) is 0 Å². The van der Waals surface area contributed by atoms with Crippen LogP contribution in [0.25, 0.3) is 11.6 Å². The van der Waals surface area contributed by atoms with Crippen molar-refractivity contribution in [1.82, 2.24) is 9.97 Å². The summed E-state index contributed by atoms with van der Waals surface area (Å²) in [7, 11) is 0. The van der Waals surface area contributed by atoms with Crippen LogP contribution in [-0.4, -0.2) is 9.97 Å². The minimum atomic E-state index is 0.0920. The van der Waals surface area contributed by atoms with Gasteiger partial charge in [-0.2, -0.15) is 0 Å². The summed E-state index contributed by atoms with van der Waals surface area (Å²) in [4.78, 5) is 8.82. The highest BCUT2D eigenvalue weighted by molar-refractivity contribution is 5.47. The molecule has 4 heteroatoms. The van der Waals surface area contributed by atoms with Gasteiger partial charge in [0.25, 0.3) is 0 Å². The van der Waals surface area contributed by atoms with Crippen molar-refractivity contribution in [3.05, 3.63) is 35.9 Å². The van der Waals surface area contributed by atoms with Crippen LogP contribution in [0.4, 0.5) is 0 Å². The van der Waals surface area contributed by atoms with Crippen LogP contribution in [0.2, 0.25) is 0 Å². The van der Waals surface area contributed by atoms with E-state index in [1.807, 2.05) is 18.3 Å². The Balaban J connectivity index is 2.05. The summed E-state index contributed by atoms with van der Waals surface area (Å²) in [6.45, 7) is 0. The Morgan fingerprint density at radius 3 is 3.19 bits per heavy atom. The third-order valence-corrected chi connectivity index (χ3v) is 2.97. The summed E-state index contributed by atoms with van der Waals surface area (Å²) in [5.41, 5.74) is 8.17. The molecular formula is C12H13N3O. The molecule has 0 saturated carbocycles. The molecule has 3 rings (SSSR count). The Morgan fingerprint density at radius 2 is 2.38 bits per heavy atom. The SMILES string of the molecule is NC1CCCc2nc(-c3ccco3)ncc21. The molecule has 82 valence electrons. The maximum atomic E-state index is 6.01. The van der Waals surface area contributed by atoms with E-state index in [2.05, 4.69) is 9.97 Å². The number of hydrogen-bond acceptors (Lipinski definition) is 4. The second kappa shape index (κ2) is 3.72. The Labute approximate surface area is 93.5 Å². The van der Waals surface area contributed by atoms with Gasteiger partial charge in [0.2, 0.25) is 0 Å². The Morgan fingerprint density at radius 1 is 1.44 bits per heavy atom. The van der Waals surface area contributed by atoms with Gasteiger partial charge in [-0.15, -0.1) is 0 Å². The first-order valence-corrected chi connectivity index (χ1v) is 5.50. The molecule has 16 heavy (non-hydrogen) atoms. The molecule has 0 fully saturated rings.